The van der Waals surface area contributed by atoms with Gasteiger partial charge in [-0.15, -0.1) is 0 Å². The molecule has 0 radical (unpaired) electrons. The Morgan fingerprint density at radius 2 is 0.912 bits per heavy atom. The second kappa shape index (κ2) is 19.0. The average Bonchev–Trinajstić information content (AvgIpc) is 3.28. The third-order valence-corrected chi connectivity index (χ3v) is 14.6. The standard InChI is InChI=1S/C62H62N2O4/c1-42-16-9-20-46(34-42)38-61(67,56(50-26-11-18-44(3)36-50)54-30-13-24-48-22-5-7-28-52(48)54)40-64(59(66)60(58(63)65)32-15-33-60)41-62(68,39-47-21-10-17-43(2)35-47)57(51-27-12-19-45(4)37-51)55-31-14-25-49-23-6-8-29-53(49)55/h5-14,16-31,34-37,56-57,67-68H,15,32-33,38-41H2,1-4H3,(H2,63,65). The topological polar surface area (TPSA) is 104 Å². The smallest absolute Gasteiger partial charge is 0.238 e. The van der Waals surface area contributed by atoms with E-state index in [1.807, 2.05) is 98.8 Å². The van der Waals surface area contributed by atoms with E-state index < -0.39 is 40.3 Å². The molecule has 9 rings (SSSR count). The van der Waals surface area contributed by atoms with E-state index in [9.17, 15) is 15.0 Å². The Labute approximate surface area is 401 Å². The van der Waals surface area contributed by atoms with E-state index >= 15 is 4.79 Å². The first-order valence-electron chi connectivity index (χ1n) is 24.0. The van der Waals surface area contributed by atoms with Gasteiger partial charge in [0.25, 0.3) is 0 Å². The van der Waals surface area contributed by atoms with Gasteiger partial charge in [-0.05, 0) is 95.5 Å². The number of hydrogen-bond acceptors (Lipinski definition) is 4. The molecule has 68 heavy (non-hydrogen) atoms. The lowest BCUT2D eigenvalue weighted by Crippen LogP contribution is -2.62. The first-order chi connectivity index (χ1) is 32.7. The molecule has 1 aliphatic rings. The van der Waals surface area contributed by atoms with E-state index in [1.54, 1.807) is 4.90 Å². The molecule has 4 unspecified atom stereocenters. The highest BCUT2D eigenvalue weighted by Gasteiger charge is 2.55. The minimum Gasteiger partial charge on any atom is -0.387 e. The van der Waals surface area contributed by atoms with E-state index in [2.05, 4.69) is 111 Å². The van der Waals surface area contributed by atoms with Crippen molar-refractivity contribution < 1.29 is 19.8 Å². The van der Waals surface area contributed by atoms with Gasteiger partial charge >= 0.3 is 0 Å². The zero-order chi connectivity index (χ0) is 47.6. The maximum absolute atomic E-state index is 16.0. The summed E-state index contributed by atoms with van der Waals surface area (Å²) >= 11 is 0. The van der Waals surface area contributed by atoms with Crippen LogP contribution in [0.1, 0.15) is 86.7 Å². The van der Waals surface area contributed by atoms with Gasteiger partial charge in [0.15, 0.2) is 0 Å². The molecule has 4 N–H and O–H groups in total. The lowest BCUT2D eigenvalue weighted by atomic mass is 9.66. The van der Waals surface area contributed by atoms with Crippen molar-refractivity contribution in [2.45, 2.75) is 82.8 Å². The van der Waals surface area contributed by atoms with Gasteiger partial charge in [0.1, 0.15) is 5.41 Å². The van der Waals surface area contributed by atoms with Crippen LogP contribution in [-0.4, -0.2) is 51.2 Å². The van der Waals surface area contributed by atoms with Gasteiger partial charge in [-0.1, -0.05) is 211 Å². The molecule has 4 atom stereocenters. The van der Waals surface area contributed by atoms with Gasteiger partial charge in [-0.3, -0.25) is 9.59 Å². The maximum atomic E-state index is 16.0. The molecule has 0 heterocycles. The normalized spacial score (nSPS) is 16.0. The SMILES string of the molecule is Cc1cccc(CC(O)(CN(CC(O)(Cc2cccc(C)c2)C(c2cccc(C)c2)c2cccc3ccccc23)C(=O)C2(C(N)=O)CCC2)C(c2cccc(C)c2)c2cccc3ccccc23)c1. The highest BCUT2D eigenvalue weighted by atomic mass is 16.3. The molecule has 0 bridgehead atoms. The summed E-state index contributed by atoms with van der Waals surface area (Å²) in [4.78, 5) is 31.4. The molecule has 0 saturated heterocycles. The third kappa shape index (κ3) is 9.23. The molecule has 344 valence electrons. The Kier molecular flexibility index (Phi) is 12.9. The van der Waals surface area contributed by atoms with Crippen molar-refractivity contribution in [1.29, 1.82) is 0 Å². The Morgan fingerprint density at radius 3 is 1.29 bits per heavy atom. The zero-order valence-electron chi connectivity index (χ0n) is 39.7. The number of rotatable bonds is 16. The molecule has 1 fully saturated rings. The number of carbonyl (C=O) groups excluding carboxylic acids is 2. The minimum atomic E-state index is -1.72. The number of benzene rings is 8. The van der Waals surface area contributed by atoms with Crippen LogP contribution in [0.2, 0.25) is 0 Å². The molecule has 8 aromatic carbocycles. The van der Waals surface area contributed by atoms with Gasteiger partial charge in [-0.25, -0.2) is 0 Å². The molecular formula is C62H62N2O4. The molecule has 8 aromatic rings. The number of carbonyl (C=O) groups is 2. The van der Waals surface area contributed by atoms with E-state index in [0.717, 1.165) is 77.2 Å². The lowest BCUT2D eigenvalue weighted by Gasteiger charge is -2.49. The van der Waals surface area contributed by atoms with Crippen LogP contribution in [0.3, 0.4) is 0 Å². The average molecular weight is 899 g/mol. The van der Waals surface area contributed by atoms with Crippen molar-refractivity contribution >= 4 is 33.4 Å². The Morgan fingerprint density at radius 1 is 0.529 bits per heavy atom. The highest BCUT2D eigenvalue weighted by molar-refractivity contribution is 6.05. The fourth-order valence-corrected chi connectivity index (χ4v) is 11.4. The van der Waals surface area contributed by atoms with Crippen molar-refractivity contribution in [1.82, 2.24) is 4.90 Å². The zero-order valence-corrected chi connectivity index (χ0v) is 39.7. The molecule has 1 aliphatic carbocycles. The number of aryl methyl sites for hydroxylation is 4. The molecule has 6 nitrogen and oxygen atoms in total. The predicted octanol–water partition coefficient (Wildman–Crippen LogP) is 11.6. The quantitative estimate of drug-likeness (QED) is 0.0840. The minimum absolute atomic E-state index is 0.158. The summed E-state index contributed by atoms with van der Waals surface area (Å²) in [5.74, 6) is -2.50. The molecular weight excluding hydrogens is 837 g/mol. The highest BCUT2D eigenvalue weighted by Crippen LogP contribution is 2.48. The Bertz CT molecular complexity index is 2940. The van der Waals surface area contributed by atoms with Crippen LogP contribution in [0, 0.1) is 33.1 Å². The monoisotopic (exact) mass is 898 g/mol. The van der Waals surface area contributed by atoms with Crippen LogP contribution in [0.5, 0.6) is 0 Å². The third-order valence-electron chi connectivity index (χ3n) is 14.6. The van der Waals surface area contributed by atoms with Crippen LogP contribution in [0.25, 0.3) is 21.5 Å². The summed E-state index contributed by atoms with van der Waals surface area (Å²) in [7, 11) is 0. The summed E-state index contributed by atoms with van der Waals surface area (Å²) in [6, 6.07) is 61.7. The van der Waals surface area contributed by atoms with Crippen LogP contribution in [0.15, 0.2) is 182 Å². The summed E-state index contributed by atoms with van der Waals surface area (Å²) < 4.78 is 0. The number of nitrogens with two attached hydrogens (primary N) is 1. The van der Waals surface area contributed by atoms with Gasteiger partial charge in [-0.2, -0.15) is 0 Å². The molecule has 2 amide bonds. The summed E-state index contributed by atoms with van der Waals surface area (Å²) in [5.41, 5.74) is 10.9. The van der Waals surface area contributed by atoms with Gasteiger partial charge in [0, 0.05) is 24.7 Å². The van der Waals surface area contributed by atoms with Crippen molar-refractivity contribution in [3.63, 3.8) is 0 Å². The second-order valence-corrected chi connectivity index (χ2v) is 19.8. The Balaban J connectivity index is 1.31. The molecule has 1 saturated carbocycles. The summed E-state index contributed by atoms with van der Waals surface area (Å²) in [6.07, 6.45) is 1.56. The van der Waals surface area contributed by atoms with Crippen LogP contribution in [-0.2, 0) is 22.4 Å². The molecule has 6 heteroatoms. The number of nitrogens with zero attached hydrogens (tertiary/aromatic N) is 1. The van der Waals surface area contributed by atoms with Crippen LogP contribution >= 0.6 is 0 Å². The number of fused-ring (bicyclic) bond motifs is 2. The summed E-state index contributed by atoms with van der Waals surface area (Å²) in [5, 5.41) is 32.8. The fraction of sp³-hybridized carbons (Fsp3) is 0.258. The van der Waals surface area contributed by atoms with E-state index in [-0.39, 0.29) is 25.9 Å². The number of aliphatic hydroxyl groups is 2. The van der Waals surface area contributed by atoms with E-state index in [0.29, 0.717) is 19.3 Å². The van der Waals surface area contributed by atoms with Crippen molar-refractivity contribution in [2.24, 2.45) is 11.1 Å². The fourth-order valence-electron chi connectivity index (χ4n) is 11.4. The predicted molar refractivity (Wildman–Crippen MR) is 276 cm³/mol. The largest absolute Gasteiger partial charge is 0.387 e. The molecule has 0 spiro atoms. The van der Waals surface area contributed by atoms with E-state index in [1.165, 1.54) is 0 Å². The maximum Gasteiger partial charge on any atom is 0.238 e. The van der Waals surface area contributed by atoms with Crippen molar-refractivity contribution in [3.05, 3.63) is 238 Å². The first kappa shape index (κ1) is 46.3. The van der Waals surface area contributed by atoms with E-state index in [4.69, 9.17) is 5.73 Å². The van der Waals surface area contributed by atoms with Gasteiger partial charge in [0.05, 0.1) is 24.3 Å². The summed E-state index contributed by atoms with van der Waals surface area (Å²) in [6.45, 7) is 7.75. The Hall–Kier alpha value is -6.86. The molecule has 0 aliphatic heterocycles. The molecule has 0 aromatic heterocycles. The van der Waals surface area contributed by atoms with Gasteiger partial charge < -0.3 is 20.8 Å². The number of amides is 2. The number of hydrogen-bond donors (Lipinski definition) is 3. The first-order valence-corrected chi connectivity index (χ1v) is 24.0. The second-order valence-electron chi connectivity index (χ2n) is 19.8. The van der Waals surface area contributed by atoms with Crippen molar-refractivity contribution in [2.75, 3.05) is 13.1 Å². The number of primary amides is 1. The van der Waals surface area contributed by atoms with Crippen LogP contribution < -0.4 is 5.73 Å². The van der Waals surface area contributed by atoms with Gasteiger partial charge in [0.2, 0.25) is 11.8 Å². The van der Waals surface area contributed by atoms with Crippen molar-refractivity contribution in [3.8, 4) is 0 Å². The van der Waals surface area contributed by atoms with Crippen LogP contribution in [0.4, 0.5) is 0 Å². The lowest BCUT2D eigenvalue weighted by molar-refractivity contribution is -0.162.